The van der Waals surface area contributed by atoms with Gasteiger partial charge in [-0.1, -0.05) is 12.1 Å². The van der Waals surface area contributed by atoms with Gasteiger partial charge >= 0.3 is 0 Å². The molecule has 1 N–H and O–H groups in total. The molecule has 6 nitrogen and oxygen atoms in total. The van der Waals surface area contributed by atoms with Crippen molar-refractivity contribution in [3.63, 3.8) is 0 Å². The maximum absolute atomic E-state index is 13.0. The molecule has 0 spiro atoms. The number of carbonyl (C=O) groups excluding carboxylic acids is 1. The Labute approximate surface area is 139 Å². The first-order valence-electron chi connectivity index (χ1n) is 7.68. The Morgan fingerprint density at radius 2 is 2.04 bits per heavy atom. The van der Waals surface area contributed by atoms with E-state index in [0.29, 0.717) is 16.8 Å². The summed E-state index contributed by atoms with van der Waals surface area (Å²) in [5, 5.41) is 0.398. The summed E-state index contributed by atoms with van der Waals surface area (Å²) >= 11 is 0. The quantitative estimate of drug-likeness (QED) is 0.803. The van der Waals surface area contributed by atoms with E-state index in [9.17, 15) is 9.59 Å². The number of rotatable bonds is 3. The van der Waals surface area contributed by atoms with Crippen LogP contribution >= 0.6 is 0 Å². The summed E-state index contributed by atoms with van der Waals surface area (Å²) in [6, 6.07) is 6.89. The van der Waals surface area contributed by atoms with Crippen LogP contribution < -0.4 is 5.43 Å². The number of H-pyrrole nitrogens is 1. The van der Waals surface area contributed by atoms with E-state index >= 15 is 0 Å². The van der Waals surface area contributed by atoms with Gasteiger partial charge in [-0.3, -0.25) is 9.59 Å². The Hall–Kier alpha value is -2.89. The smallest absolute Gasteiger partial charge is 0.261 e. The van der Waals surface area contributed by atoms with Crippen LogP contribution in [-0.4, -0.2) is 26.3 Å². The number of nitrogens with zero attached hydrogens (tertiary/aromatic N) is 2. The molecule has 0 radical (unpaired) electrons. The monoisotopic (exact) mass is 325 g/mol. The molecule has 24 heavy (non-hydrogen) atoms. The zero-order valence-corrected chi connectivity index (χ0v) is 13.9. The highest BCUT2D eigenvalue weighted by molar-refractivity contribution is 5.96. The van der Waals surface area contributed by atoms with Crippen molar-refractivity contribution < 1.29 is 9.21 Å². The maximum Gasteiger partial charge on any atom is 0.261 e. The number of para-hydroxylation sites is 1. The lowest BCUT2D eigenvalue weighted by atomic mass is 10.0. The van der Waals surface area contributed by atoms with Gasteiger partial charge in [-0.25, -0.2) is 4.98 Å². The van der Waals surface area contributed by atoms with Crippen LogP contribution in [0.25, 0.3) is 11.0 Å². The van der Waals surface area contributed by atoms with E-state index < -0.39 is 5.54 Å². The highest BCUT2D eigenvalue weighted by atomic mass is 16.3. The van der Waals surface area contributed by atoms with Gasteiger partial charge in [0.05, 0.1) is 11.9 Å². The van der Waals surface area contributed by atoms with E-state index in [1.54, 1.807) is 41.6 Å². The third-order valence-electron chi connectivity index (χ3n) is 3.83. The number of fused-ring (bicyclic) bond motifs is 1. The second kappa shape index (κ2) is 5.96. The van der Waals surface area contributed by atoms with Crippen LogP contribution in [0.5, 0.6) is 0 Å². The van der Waals surface area contributed by atoms with Crippen LogP contribution in [0.4, 0.5) is 0 Å². The number of carbonyl (C=O) groups is 1. The minimum atomic E-state index is -0.484. The zero-order chi connectivity index (χ0) is 17.3. The predicted octanol–water partition coefficient (Wildman–Crippen LogP) is 2.96. The summed E-state index contributed by atoms with van der Waals surface area (Å²) in [4.78, 5) is 34.4. The Morgan fingerprint density at radius 3 is 2.71 bits per heavy atom. The van der Waals surface area contributed by atoms with Crippen molar-refractivity contribution in [3.8, 4) is 0 Å². The average molecular weight is 325 g/mol. The van der Waals surface area contributed by atoms with E-state index in [-0.39, 0.29) is 23.4 Å². The van der Waals surface area contributed by atoms with E-state index in [2.05, 4.69) is 9.97 Å². The maximum atomic E-state index is 13.0. The van der Waals surface area contributed by atoms with Crippen LogP contribution in [-0.2, 0) is 6.54 Å². The molecule has 0 atom stereocenters. The lowest BCUT2D eigenvalue weighted by Gasteiger charge is -2.35. The fourth-order valence-electron chi connectivity index (χ4n) is 2.52. The molecule has 0 fully saturated rings. The van der Waals surface area contributed by atoms with Gasteiger partial charge in [0.1, 0.15) is 23.2 Å². The summed E-state index contributed by atoms with van der Waals surface area (Å²) < 4.78 is 5.47. The van der Waals surface area contributed by atoms with Crippen LogP contribution in [0.1, 0.15) is 37.0 Å². The predicted molar refractivity (Wildman–Crippen MR) is 90.7 cm³/mol. The summed E-state index contributed by atoms with van der Waals surface area (Å²) in [5.41, 5.74) is -0.319. The third-order valence-corrected chi connectivity index (χ3v) is 3.83. The third kappa shape index (κ3) is 2.95. The van der Waals surface area contributed by atoms with Gasteiger partial charge in [0.15, 0.2) is 0 Å². The van der Waals surface area contributed by atoms with Crippen LogP contribution in [0, 0.1) is 0 Å². The van der Waals surface area contributed by atoms with Gasteiger partial charge in [0, 0.05) is 17.9 Å². The van der Waals surface area contributed by atoms with E-state index in [1.807, 2.05) is 20.8 Å². The van der Waals surface area contributed by atoms with Crippen molar-refractivity contribution in [2.45, 2.75) is 32.9 Å². The Morgan fingerprint density at radius 1 is 1.29 bits per heavy atom. The zero-order valence-electron chi connectivity index (χ0n) is 13.9. The van der Waals surface area contributed by atoms with Gasteiger partial charge in [0.25, 0.3) is 5.91 Å². The molecule has 0 aliphatic heterocycles. The molecule has 1 amide bonds. The number of amides is 1. The number of benzene rings is 1. The molecular weight excluding hydrogens is 306 g/mol. The Kier molecular flexibility index (Phi) is 3.97. The fourth-order valence-corrected chi connectivity index (χ4v) is 2.52. The van der Waals surface area contributed by atoms with E-state index in [4.69, 9.17) is 4.42 Å². The Bertz CT molecular complexity index is 921. The van der Waals surface area contributed by atoms with Gasteiger partial charge in [0.2, 0.25) is 5.43 Å². The molecule has 1 aromatic carbocycles. The number of hydrogen-bond acceptors (Lipinski definition) is 4. The van der Waals surface area contributed by atoms with Gasteiger partial charge in [-0.15, -0.1) is 0 Å². The second-order valence-electron chi connectivity index (χ2n) is 6.57. The topological polar surface area (TPSA) is 79.2 Å². The molecular formula is C18H19N3O3. The van der Waals surface area contributed by atoms with Crippen molar-refractivity contribution in [1.29, 1.82) is 0 Å². The van der Waals surface area contributed by atoms with E-state index in [0.717, 1.165) is 0 Å². The number of nitrogens with one attached hydrogen (secondary N) is 1. The van der Waals surface area contributed by atoms with Crippen molar-refractivity contribution >= 4 is 16.9 Å². The van der Waals surface area contributed by atoms with E-state index in [1.165, 1.54) is 6.26 Å². The summed E-state index contributed by atoms with van der Waals surface area (Å²) in [7, 11) is 0. The summed E-state index contributed by atoms with van der Waals surface area (Å²) in [6.45, 7) is 6.02. The molecule has 0 aliphatic carbocycles. The normalized spacial score (nSPS) is 11.6. The molecule has 3 aromatic rings. The summed E-state index contributed by atoms with van der Waals surface area (Å²) in [5.74, 6) is 0.279. The first kappa shape index (κ1) is 16.0. The lowest BCUT2D eigenvalue weighted by Crippen LogP contribution is -2.46. The first-order chi connectivity index (χ1) is 11.4. The molecule has 0 bridgehead atoms. The minimum Gasteiger partial charge on any atom is -0.463 e. The summed E-state index contributed by atoms with van der Waals surface area (Å²) in [6.07, 6.45) is 4.57. The number of imidazole rings is 1. The molecule has 2 heterocycles. The average Bonchev–Trinajstić information content (AvgIpc) is 3.05. The number of aromatic nitrogens is 2. The minimum absolute atomic E-state index is 0.0233. The first-order valence-corrected chi connectivity index (χ1v) is 7.68. The standard InChI is InChI=1S/C18H19N3O3/c1-18(2,3)21(10-15-19-8-9-20-15)17(23)13-11-24-14-7-5-4-6-12(14)16(13)22/h4-9,11H,10H2,1-3H3,(H,19,20). The molecule has 0 aliphatic rings. The largest absolute Gasteiger partial charge is 0.463 e. The molecule has 6 heteroatoms. The molecule has 0 unspecified atom stereocenters. The lowest BCUT2D eigenvalue weighted by molar-refractivity contribution is 0.0548. The van der Waals surface area contributed by atoms with Gasteiger partial charge in [-0.05, 0) is 32.9 Å². The van der Waals surface area contributed by atoms with Crippen molar-refractivity contribution in [3.05, 3.63) is 64.5 Å². The molecule has 2 aromatic heterocycles. The van der Waals surface area contributed by atoms with Crippen molar-refractivity contribution in [2.75, 3.05) is 0 Å². The highest BCUT2D eigenvalue weighted by Gasteiger charge is 2.30. The SMILES string of the molecule is CC(C)(C)N(Cc1ncc[nH]1)C(=O)c1coc2ccccc2c1=O. The highest BCUT2D eigenvalue weighted by Crippen LogP contribution is 2.20. The number of hydrogen-bond donors (Lipinski definition) is 1. The molecule has 3 rings (SSSR count). The van der Waals surface area contributed by atoms with Gasteiger partial charge in [-0.2, -0.15) is 0 Å². The van der Waals surface area contributed by atoms with Crippen molar-refractivity contribution in [2.24, 2.45) is 0 Å². The van der Waals surface area contributed by atoms with Crippen LogP contribution in [0.2, 0.25) is 0 Å². The van der Waals surface area contributed by atoms with Crippen molar-refractivity contribution in [1.82, 2.24) is 14.9 Å². The fraction of sp³-hybridized carbons (Fsp3) is 0.278. The molecule has 0 saturated carbocycles. The Balaban J connectivity index is 2.04. The number of aromatic amines is 1. The van der Waals surface area contributed by atoms with Crippen LogP contribution in [0.15, 0.2) is 52.1 Å². The van der Waals surface area contributed by atoms with Gasteiger partial charge < -0.3 is 14.3 Å². The second-order valence-corrected chi connectivity index (χ2v) is 6.57. The molecule has 0 saturated heterocycles. The van der Waals surface area contributed by atoms with Crippen LogP contribution in [0.3, 0.4) is 0 Å². The molecule has 124 valence electrons.